The molecule has 0 bridgehead atoms. The number of benzene rings is 2. The van der Waals surface area contributed by atoms with Gasteiger partial charge in [0.25, 0.3) is 0 Å². The molecule has 2 fully saturated rings. The molecule has 0 saturated carbocycles. The molecule has 0 radical (unpaired) electrons. The van der Waals surface area contributed by atoms with Crippen molar-refractivity contribution >= 4 is 21.4 Å². The van der Waals surface area contributed by atoms with Crippen LogP contribution in [-0.2, 0) is 21.1 Å². The van der Waals surface area contributed by atoms with Gasteiger partial charge in [0.2, 0.25) is 5.91 Å². The normalized spacial score (nSPS) is 23.2. The van der Waals surface area contributed by atoms with E-state index in [9.17, 15) is 13.2 Å². The molecule has 0 aromatic heterocycles. The van der Waals surface area contributed by atoms with Crippen molar-refractivity contribution in [2.75, 3.05) is 36.6 Å². The number of methoxy groups -OCH3 is 1. The summed E-state index contributed by atoms with van der Waals surface area (Å²) in [6.45, 7) is 5.08. The lowest BCUT2D eigenvalue weighted by Crippen LogP contribution is -2.62. The van der Waals surface area contributed by atoms with Gasteiger partial charge in [-0.05, 0) is 41.7 Å². The van der Waals surface area contributed by atoms with Crippen LogP contribution in [0.15, 0.2) is 48.5 Å². The average Bonchev–Trinajstić information content (AvgIpc) is 3.07. The Labute approximate surface area is 184 Å². The maximum absolute atomic E-state index is 13.2. The van der Waals surface area contributed by atoms with E-state index in [0.717, 1.165) is 17.0 Å². The maximum atomic E-state index is 13.2. The first-order chi connectivity index (χ1) is 14.8. The van der Waals surface area contributed by atoms with Crippen LogP contribution in [-0.4, -0.2) is 63.0 Å². The van der Waals surface area contributed by atoms with Crippen molar-refractivity contribution in [3.63, 3.8) is 0 Å². The first-order valence-corrected chi connectivity index (χ1v) is 12.6. The second-order valence-electron chi connectivity index (χ2n) is 8.75. The number of rotatable bonds is 6. The Morgan fingerprint density at radius 1 is 1.03 bits per heavy atom. The fourth-order valence-electron chi connectivity index (χ4n) is 4.73. The number of anilines is 1. The molecule has 2 saturated heterocycles. The molecular weight excluding hydrogens is 412 g/mol. The minimum atomic E-state index is -3.20. The Bertz CT molecular complexity index is 1050. The second kappa shape index (κ2) is 8.63. The number of para-hydroxylation sites is 1. The second-order valence-corrected chi connectivity index (χ2v) is 10.9. The van der Waals surface area contributed by atoms with E-state index in [4.69, 9.17) is 4.74 Å². The number of fused-ring (bicyclic) bond motifs is 1. The summed E-state index contributed by atoms with van der Waals surface area (Å²) in [6, 6.07) is 15.2. The van der Waals surface area contributed by atoms with Crippen LogP contribution in [0.1, 0.15) is 30.9 Å². The SMILES string of the molecule is COc1ccccc1CCN1CC(=O)N(c2ccc(C(C)C)cc2)[C@H]2CS(=O)(=O)C[C@@H]21. The molecule has 4 rings (SSSR count). The van der Waals surface area contributed by atoms with E-state index in [1.807, 2.05) is 53.4 Å². The lowest BCUT2D eigenvalue weighted by molar-refractivity contribution is -0.123. The summed E-state index contributed by atoms with van der Waals surface area (Å²) in [5, 5.41) is 0. The van der Waals surface area contributed by atoms with Gasteiger partial charge in [0.15, 0.2) is 9.84 Å². The molecule has 6 nitrogen and oxygen atoms in total. The number of carbonyl (C=O) groups excluding carboxylic acids is 1. The number of ether oxygens (including phenoxy) is 1. The standard InChI is InChI=1S/C24H30N2O4S/c1-17(2)18-8-10-20(11-9-18)26-22-16-31(28,29)15-21(22)25(14-24(26)27)13-12-19-6-4-5-7-23(19)30-3/h4-11,17,21-22H,12-16H2,1-3H3/t21-,22-/m0/s1. The van der Waals surface area contributed by atoms with E-state index in [1.54, 1.807) is 12.0 Å². The molecule has 2 aliphatic rings. The Morgan fingerprint density at radius 3 is 2.39 bits per heavy atom. The van der Waals surface area contributed by atoms with Gasteiger partial charge < -0.3 is 9.64 Å². The van der Waals surface area contributed by atoms with Gasteiger partial charge in [0.1, 0.15) is 5.75 Å². The van der Waals surface area contributed by atoms with E-state index < -0.39 is 9.84 Å². The van der Waals surface area contributed by atoms with Crippen molar-refractivity contribution in [1.29, 1.82) is 0 Å². The number of piperazine rings is 1. The zero-order valence-electron chi connectivity index (χ0n) is 18.3. The predicted molar refractivity (Wildman–Crippen MR) is 123 cm³/mol. The van der Waals surface area contributed by atoms with Gasteiger partial charge in [-0.25, -0.2) is 8.42 Å². The first-order valence-electron chi connectivity index (χ1n) is 10.8. The Hall–Kier alpha value is -2.38. The Kier molecular flexibility index (Phi) is 6.08. The highest BCUT2D eigenvalue weighted by molar-refractivity contribution is 7.91. The monoisotopic (exact) mass is 442 g/mol. The summed E-state index contributed by atoms with van der Waals surface area (Å²) in [5.41, 5.74) is 3.04. The number of nitrogens with zero attached hydrogens (tertiary/aromatic N) is 2. The summed E-state index contributed by atoms with van der Waals surface area (Å²) < 4.78 is 30.6. The highest BCUT2D eigenvalue weighted by Gasteiger charge is 2.49. The Morgan fingerprint density at radius 2 is 1.71 bits per heavy atom. The third-order valence-corrected chi connectivity index (χ3v) is 8.10. The fourth-order valence-corrected chi connectivity index (χ4v) is 6.71. The van der Waals surface area contributed by atoms with Crippen LogP contribution < -0.4 is 9.64 Å². The number of hydrogen-bond donors (Lipinski definition) is 0. The molecule has 2 aromatic rings. The first kappa shape index (κ1) is 21.8. The molecule has 0 spiro atoms. The lowest BCUT2D eigenvalue weighted by atomic mass is 9.99. The summed E-state index contributed by atoms with van der Waals surface area (Å²) in [6.07, 6.45) is 0.698. The summed E-state index contributed by atoms with van der Waals surface area (Å²) in [5.74, 6) is 1.28. The van der Waals surface area contributed by atoms with Gasteiger partial charge in [0.05, 0.1) is 31.2 Å². The highest BCUT2D eigenvalue weighted by Crippen LogP contribution is 2.32. The summed E-state index contributed by atoms with van der Waals surface area (Å²) >= 11 is 0. The molecule has 0 aliphatic carbocycles. The molecule has 2 aromatic carbocycles. The third-order valence-electron chi connectivity index (χ3n) is 6.40. The van der Waals surface area contributed by atoms with Crippen molar-refractivity contribution in [3.8, 4) is 5.75 Å². The predicted octanol–water partition coefficient (Wildman–Crippen LogP) is 2.88. The maximum Gasteiger partial charge on any atom is 0.241 e. The van der Waals surface area contributed by atoms with Gasteiger partial charge >= 0.3 is 0 Å². The van der Waals surface area contributed by atoms with Crippen molar-refractivity contribution in [3.05, 3.63) is 59.7 Å². The van der Waals surface area contributed by atoms with Gasteiger partial charge in [-0.2, -0.15) is 0 Å². The van der Waals surface area contributed by atoms with Gasteiger partial charge in [0, 0.05) is 18.3 Å². The van der Waals surface area contributed by atoms with Crippen LogP contribution in [0, 0.1) is 0 Å². The van der Waals surface area contributed by atoms with E-state index in [0.29, 0.717) is 18.9 Å². The molecule has 166 valence electrons. The fraction of sp³-hybridized carbons (Fsp3) is 0.458. The van der Waals surface area contributed by atoms with Gasteiger partial charge in [-0.1, -0.05) is 44.2 Å². The van der Waals surface area contributed by atoms with E-state index in [2.05, 4.69) is 13.8 Å². The van der Waals surface area contributed by atoms with Crippen LogP contribution in [0.25, 0.3) is 0 Å². The minimum Gasteiger partial charge on any atom is -0.496 e. The van der Waals surface area contributed by atoms with Crippen LogP contribution in [0.4, 0.5) is 5.69 Å². The molecule has 1 amide bonds. The van der Waals surface area contributed by atoms with Crippen LogP contribution in [0.3, 0.4) is 0 Å². The molecule has 2 aliphatic heterocycles. The minimum absolute atomic E-state index is 0.0144. The summed E-state index contributed by atoms with van der Waals surface area (Å²) in [7, 11) is -1.56. The smallest absolute Gasteiger partial charge is 0.241 e. The van der Waals surface area contributed by atoms with E-state index in [-0.39, 0.29) is 36.0 Å². The molecule has 0 N–H and O–H groups in total. The zero-order valence-corrected chi connectivity index (χ0v) is 19.1. The topological polar surface area (TPSA) is 66.9 Å². The average molecular weight is 443 g/mol. The van der Waals surface area contributed by atoms with Crippen molar-refractivity contribution in [2.24, 2.45) is 0 Å². The lowest BCUT2D eigenvalue weighted by Gasteiger charge is -2.43. The molecule has 31 heavy (non-hydrogen) atoms. The molecule has 2 heterocycles. The highest BCUT2D eigenvalue weighted by atomic mass is 32.2. The largest absolute Gasteiger partial charge is 0.496 e. The number of sulfone groups is 1. The van der Waals surface area contributed by atoms with E-state index in [1.165, 1.54) is 5.56 Å². The van der Waals surface area contributed by atoms with Crippen molar-refractivity contribution in [1.82, 2.24) is 4.90 Å². The van der Waals surface area contributed by atoms with Crippen molar-refractivity contribution in [2.45, 2.75) is 38.3 Å². The van der Waals surface area contributed by atoms with Gasteiger partial charge in [-0.15, -0.1) is 0 Å². The van der Waals surface area contributed by atoms with Crippen LogP contribution in [0.5, 0.6) is 5.75 Å². The number of hydrogen-bond acceptors (Lipinski definition) is 5. The van der Waals surface area contributed by atoms with E-state index >= 15 is 0 Å². The number of amides is 1. The third kappa shape index (κ3) is 4.48. The molecule has 7 heteroatoms. The molecular formula is C24H30N2O4S. The van der Waals surface area contributed by atoms with Crippen LogP contribution in [0.2, 0.25) is 0 Å². The van der Waals surface area contributed by atoms with Gasteiger partial charge in [-0.3, -0.25) is 9.69 Å². The quantitative estimate of drug-likeness (QED) is 0.688. The Balaban J connectivity index is 1.57. The molecule has 2 atom stereocenters. The summed E-state index contributed by atoms with van der Waals surface area (Å²) in [4.78, 5) is 16.9. The van der Waals surface area contributed by atoms with Crippen LogP contribution >= 0.6 is 0 Å². The number of carbonyl (C=O) groups is 1. The zero-order chi connectivity index (χ0) is 22.2. The van der Waals surface area contributed by atoms with Crippen molar-refractivity contribution < 1.29 is 17.9 Å². The molecule has 0 unspecified atom stereocenters.